The van der Waals surface area contributed by atoms with Gasteiger partial charge < -0.3 is 24.4 Å². The van der Waals surface area contributed by atoms with E-state index in [1.54, 1.807) is 7.11 Å². The van der Waals surface area contributed by atoms with Crippen molar-refractivity contribution >= 4 is 5.96 Å². The Balaban J connectivity index is 1.67. The smallest absolute Gasteiger partial charge is 0.194 e. The summed E-state index contributed by atoms with van der Waals surface area (Å²) in [7, 11) is 1.72. The largest absolute Gasteiger partial charge is 0.382 e. The van der Waals surface area contributed by atoms with Crippen molar-refractivity contribution in [2.24, 2.45) is 16.3 Å². The van der Waals surface area contributed by atoms with E-state index in [2.05, 4.69) is 31.0 Å². The minimum Gasteiger partial charge on any atom is -0.382 e. The molecule has 24 heavy (non-hydrogen) atoms. The van der Waals surface area contributed by atoms with Gasteiger partial charge in [-0.2, -0.15) is 0 Å². The van der Waals surface area contributed by atoms with Gasteiger partial charge in [0.1, 0.15) is 0 Å². The van der Waals surface area contributed by atoms with E-state index in [-0.39, 0.29) is 11.5 Å². The maximum absolute atomic E-state index is 6.03. The molecule has 1 N–H and O–H groups in total. The standard InChI is InChI=1S/C18H33N3O3/c1-5-19-17(21-8-10-23-13(11-21)12-22-4)20-15-14-7-6-9-24-16(14)18(15,2)3/h13-16H,5-12H2,1-4H3,(H,19,20). The number of nitrogens with zero attached hydrogens (tertiary/aromatic N) is 2. The van der Waals surface area contributed by atoms with Crippen molar-refractivity contribution in [1.82, 2.24) is 10.2 Å². The van der Waals surface area contributed by atoms with E-state index in [1.165, 1.54) is 12.8 Å². The molecule has 1 saturated carbocycles. The third-order valence-electron chi connectivity index (χ3n) is 5.71. The summed E-state index contributed by atoms with van der Waals surface area (Å²) in [6.07, 6.45) is 2.93. The first-order valence-electron chi connectivity index (χ1n) is 9.36. The highest BCUT2D eigenvalue weighted by molar-refractivity contribution is 5.80. The van der Waals surface area contributed by atoms with Crippen molar-refractivity contribution in [1.29, 1.82) is 0 Å². The van der Waals surface area contributed by atoms with Gasteiger partial charge in [0.25, 0.3) is 0 Å². The summed E-state index contributed by atoms with van der Waals surface area (Å²) in [6.45, 7) is 11.5. The summed E-state index contributed by atoms with van der Waals surface area (Å²) in [5, 5.41) is 3.78. The van der Waals surface area contributed by atoms with Crippen molar-refractivity contribution in [2.45, 2.75) is 51.9 Å². The van der Waals surface area contributed by atoms with Crippen LogP contribution in [0.15, 0.2) is 4.99 Å². The molecular weight excluding hydrogens is 306 g/mol. The van der Waals surface area contributed by atoms with Crippen LogP contribution in [0.2, 0.25) is 0 Å². The van der Waals surface area contributed by atoms with Crippen molar-refractivity contribution in [3.8, 4) is 0 Å². The summed E-state index contributed by atoms with van der Waals surface area (Å²) >= 11 is 0. The Morgan fingerprint density at radius 2 is 2.17 bits per heavy atom. The number of hydrogen-bond donors (Lipinski definition) is 1. The summed E-state index contributed by atoms with van der Waals surface area (Å²) in [4.78, 5) is 7.08. The highest BCUT2D eigenvalue weighted by atomic mass is 16.5. The van der Waals surface area contributed by atoms with Crippen LogP contribution in [-0.4, -0.2) is 75.7 Å². The molecule has 2 heterocycles. The first-order valence-corrected chi connectivity index (χ1v) is 9.36. The molecule has 0 aromatic rings. The fraction of sp³-hybridized carbons (Fsp3) is 0.944. The first-order chi connectivity index (χ1) is 11.6. The van der Waals surface area contributed by atoms with Crippen LogP contribution in [-0.2, 0) is 14.2 Å². The second-order valence-corrected chi connectivity index (χ2v) is 7.73. The van der Waals surface area contributed by atoms with E-state index in [4.69, 9.17) is 19.2 Å². The Bertz CT molecular complexity index is 453. The number of methoxy groups -OCH3 is 1. The Kier molecular flexibility index (Phi) is 5.67. The monoisotopic (exact) mass is 339 g/mol. The maximum Gasteiger partial charge on any atom is 0.194 e. The van der Waals surface area contributed by atoms with Gasteiger partial charge >= 0.3 is 0 Å². The second kappa shape index (κ2) is 7.58. The van der Waals surface area contributed by atoms with Crippen molar-refractivity contribution in [3.05, 3.63) is 0 Å². The van der Waals surface area contributed by atoms with Gasteiger partial charge in [-0.1, -0.05) is 13.8 Å². The van der Waals surface area contributed by atoms with Gasteiger partial charge in [0.2, 0.25) is 0 Å². The number of rotatable bonds is 4. The van der Waals surface area contributed by atoms with Gasteiger partial charge in [0.15, 0.2) is 5.96 Å². The predicted octanol–water partition coefficient (Wildman–Crippen LogP) is 1.50. The van der Waals surface area contributed by atoms with E-state index >= 15 is 0 Å². The van der Waals surface area contributed by atoms with Crippen molar-refractivity contribution in [3.63, 3.8) is 0 Å². The van der Waals surface area contributed by atoms with E-state index < -0.39 is 0 Å². The number of nitrogens with one attached hydrogen (secondary N) is 1. The Morgan fingerprint density at radius 3 is 2.92 bits per heavy atom. The summed E-state index contributed by atoms with van der Waals surface area (Å²) in [6, 6.07) is 0.428. The van der Waals surface area contributed by atoms with Crippen LogP contribution >= 0.6 is 0 Å². The second-order valence-electron chi connectivity index (χ2n) is 7.73. The van der Waals surface area contributed by atoms with Gasteiger partial charge in [-0.3, -0.25) is 4.99 Å². The number of aliphatic imine (C=N–C) groups is 1. The molecule has 3 rings (SSSR count). The number of fused-ring (bicyclic) bond motifs is 1. The average molecular weight is 339 g/mol. The van der Waals surface area contributed by atoms with E-state index in [0.717, 1.165) is 38.8 Å². The summed E-state index contributed by atoms with van der Waals surface area (Å²) in [5.41, 5.74) is 0.151. The normalized spacial score (nSPS) is 36.0. The zero-order valence-electron chi connectivity index (χ0n) is 15.6. The molecule has 0 radical (unpaired) electrons. The van der Waals surface area contributed by atoms with E-state index in [9.17, 15) is 0 Å². The molecule has 0 aromatic carbocycles. The molecule has 2 aliphatic heterocycles. The Labute approximate surface area is 145 Å². The third-order valence-corrected chi connectivity index (χ3v) is 5.71. The highest BCUT2D eigenvalue weighted by Crippen LogP contribution is 2.51. The van der Waals surface area contributed by atoms with Gasteiger partial charge in [0.05, 0.1) is 25.4 Å². The molecule has 3 fully saturated rings. The third kappa shape index (κ3) is 3.41. The molecule has 138 valence electrons. The molecule has 0 spiro atoms. The number of hydrogen-bond acceptors (Lipinski definition) is 4. The number of guanidine groups is 1. The van der Waals surface area contributed by atoms with Gasteiger partial charge in [0, 0.05) is 50.7 Å². The molecule has 6 nitrogen and oxygen atoms in total. The van der Waals surface area contributed by atoms with E-state index in [1.807, 2.05) is 0 Å². The molecule has 2 saturated heterocycles. The lowest BCUT2D eigenvalue weighted by Crippen LogP contribution is -2.71. The molecular formula is C18H33N3O3. The highest BCUT2D eigenvalue weighted by Gasteiger charge is 2.58. The van der Waals surface area contributed by atoms with E-state index in [0.29, 0.717) is 24.7 Å². The van der Waals surface area contributed by atoms with Crippen molar-refractivity contribution < 1.29 is 14.2 Å². The fourth-order valence-electron chi connectivity index (χ4n) is 4.54. The lowest BCUT2D eigenvalue weighted by Gasteiger charge is -2.60. The van der Waals surface area contributed by atoms with Gasteiger partial charge in [-0.05, 0) is 19.8 Å². The molecule has 0 amide bonds. The molecule has 4 unspecified atom stereocenters. The Hall–Kier alpha value is -0.850. The van der Waals surface area contributed by atoms with Crippen LogP contribution in [0.3, 0.4) is 0 Å². The zero-order chi connectivity index (χ0) is 17.2. The zero-order valence-corrected chi connectivity index (χ0v) is 15.6. The van der Waals surface area contributed by atoms with Gasteiger partial charge in [-0.15, -0.1) is 0 Å². The minimum absolute atomic E-state index is 0.118. The van der Waals surface area contributed by atoms with Crippen LogP contribution in [0.4, 0.5) is 0 Å². The molecule has 6 heteroatoms. The average Bonchev–Trinajstić information content (AvgIpc) is 2.59. The summed E-state index contributed by atoms with van der Waals surface area (Å²) in [5.74, 6) is 1.62. The Morgan fingerprint density at radius 1 is 1.33 bits per heavy atom. The van der Waals surface area contributed by atoms with Crippen LogP contribution in [0.25, 0.3) is 0 Å². The van der Waals surface area contributed by atoms with Crippen molar-refractivity contribution in [2.75, 3.05) is 46.6 Å². The van der Waals surface area contributed by atoms with Crippen LogP contribution in [0.1, 0.15) is 33.6 Å². The molecule has 0 aromatic heterocycles. The lowest BCUT2D eigenvalue weighted by molar-refractivity contribution is -0.189. The lowest BCUT2D eigenvalue weighted by atomic mass is 9.55. The predicted molar refractivity (Wildman–Crippen MR) is 94.3 cm³/mol. The minimum atomic E-state index is 0.118. The molecule has 0 bridgehead atoms. The van der Waals surface area contributed by atoms with Crippen LogP contribution < -0.4 is 5.32 Å². The van der Waals surface area contributed by atoms with Gasteiger partial charge in [-0.25, -0.2) is 0 Å². The fourth-order valence-corrected chi connectivity index (χ4v) is 4.54. The van der Waals surface area contributed by atoms with Crippen LogP contribution in [0.5, 0.6) is 0 Å². The van der Waals surface area contributed by atoms with Crippen LogP contribution in [0, 0.1) is 11.3 Å². The summed E-state index contributed by atoms with van der Waals surface area (Å²) < 4.78 is 17.1. The topological polar surface area (TPSA) is 55.3 Å². The number of ether oxygens (including phenoxy) is 3. The maximum atomic E-state index is 6.03. The SMILES string of the molecule is CCN=C(NC1C2CCCOC2C1(C)C)N1CCOC(COC)C1. The molecule has 3 aliphatic rings. The first kappa shape index (κ1) is 18.0. The molecule has 1 aliphatic carbocycles. The quantitative estimate of drug-likeness (QED) is 0.621. The number of morpholine rings is 1. The molecule has 4 atom stereocenters.